The van der Waals surface area contributed by atoms with Gasteiger partial charge in [-0.25, -0.2) is 4.79 Å². The number of anilines is 1. The smallest absolute Gasteiger partial charge is 0.406 e. The number of benzene rings is 2. The van der Waals surface area contributed by atoms with Gasteiger partial charge in [0.2, 0.25) is 0 Å². The number of halogens is 6. The highest BCUT2D eigenvalue weighted by molar-refractivity contribution is 6.08. The maximum atomic E-state index is 12.9. The molecule has 2 N–H and O–H groups in total. The molecule has 0 spiro atoms. The first-order valence-corrected chi connectivity index (χ1v) is 7.10. The SMILES string of the molecule is O=C(NC(=O)c1ccccc1C(F)(F)F)Nc1ccc(OC(F)(F)F)cc1. The first kappa shape index (κ1) is 20.1. The number of carbonyl (C=O) groups is 2. The molecule has 0 bridgehead atoms. The lowest BCUT2D eigenvalue weighted by atomic mass is 10.1. The van der Waals surface area contributed by atoms with Crippen molar-refractivity contribution in [2.24, 2.45) is 0 Å². The second-order valence-corrected chi connectivity index (χ2v) is 5.02. The van der Waals surface area contributed by atoms with Gasteiger partial charge in [-0.15, -0.1) is 13.2 Å². The van der Waals surface area contributed by atoms with Crippen molar-refractivity contribution in [3.05, 3.63) is 59.7 Å². The normalized spacial score (nSPS) is 11.6. The number of ether oxygens (including phenoxy) is 1. The zero-order valence-electron chi connectivity index (χ0n) is 13.1. The molecule has 0 saturated carbocycles. The molecule has 0 heterocycles. The van der Waals surface area contributed by atoms with E-state index in [0.717, 1.165) is 36.4 Å². The third-order valence-electron chi connectivity index (χ3n) is 3.05. The maximum Gasteiger partial charge on any atom is 0.573 e. The molecule has 3 amide bonds. The van der Waals surface area contributed by atoms with Crippen LogP contribution in [0.1, 0.15) is 15.9 Å². The summed E-state index contributed by atoms with van der Waals surface area (Å²) in [6.45, 7) is 0. The zero-order chi connectivity index (χ0) is 20.2. The first-order valence-electron chi connectivity index (χ1n) is 7.10. The summed E-state index contributed by atoms with van der Waals surface area (Å²) in [5.41, 5.74) is -1.99. The third kappa shape index (κ3) is 5.90. The zero-order valence-corrected chi connectivity index (χ0v) is 13.1. The van der Waals surface area contributed by atoms with Crippen molar-refractivity contribution in [3.63, 3.8) is 0 Å². The largest absolute Gasteiger partial charge is 0.573 e. The molecule has 0 unspecified atom stereocenters. The standard InChI is InChI=1S/C16H10F6N2O3/c17-15(18,19)12-4-2-1-3-11(12)13(25)24-14(26)23-9-5-7-10(8-6-9)27-16(20,21)22/h1-8H,(H2,23,24,25,26). The number of hydrogen-bond donors (Lipinski definition) is 2. The molecule has 0 aliphatic rings. The Bertz CT molecular complexity index is 831. The van der Waals surface area contributed by atoms with Crippen LogP contribution in [-0.2, 0) is 6.18 Å². The molecule has 11 heteroatoms. The lowest BCUT2D eigenvalue weighted by Crippen LogP contribution is -2.35. The van der Waals surface area contributed by atoms with Gasteiger partial charge >= 0.3 is 18.6 Å². The fourth-order valence-electron chi connectivity index (χ4n) is 2.00. The second-order valence-electron chi connectivity index (χ2n) is 5.02. The van der Waals surface area contributed by atoms with E-state index in [1.165, 1.54) is 6.07 Å². The van der Waals surface area contributed by atoms with Crippen LogP contribution in [0.5, 0.6) is 5.75 Å². The van der Waals surface area contributed by atoms with E-state index in [1.807, 2.05) is 0 Å². The Hall–Kier alpha value is -3.24. The van der Waals surface area contributed by atoms with E-state index in [9.17, 15) is 35.9 Å². The topological polar surface area (TPSA) is 67.4 Å². The van der Waals surface area contributed by atoms with Gasteiger partial charge in [0.05, 0.1) is 11.1 Å². The molecule has 0 aliphatic carbocycles. The summed E-state index contributed by atoms with van der Waals surface area (Å²) in [6, 6.07) is 6.62. The van der Waals surface area contributed by atoms with Crippen LogP contribution in [0.25, 0.3) is 0 Å². The Kier molecular flexibility index (Phi) is 5.62. The molecule has 27 heavy (non-hydrogen) atoms. The van der Waals surface area contributed by atoms with E-state index in [4.69, 9.17) is 0 Å². The van der Waals surface area contributed by atoms with Crippen LogP contribution in [0.15, 0.2) is 48.5 Å². The van der Waals surface area contributed by atoms with Gasteiger partial charge in [-0.05, 0) is 36.4 Å². The molecular formula is C16H10F6N2O3. The Labute approximate surface area is 147 Å². The van der Waals surface area contributed by atoms with Crippen LogP contribution in [0.2, 0.25) is 0 Å². The quantitative estimate of drug-likeness (QED) is 0.753. The van der Waals surface area contributed by atoms with Gasteiger partial charge in [-0.1, -0.05) is 12.1 Å². The number of rotatable bonds is 3. The summed E-state index contributed by atoms with van der Waals surface area (Å²) in [5, 5.41) is 3.81. The highest BCUT2D eigenvalue weighted by atomic mass is 19.4. The lowest BCUT2D eigenvalue weighted by Gasteiger charge is -2.13. The fraction of sp³-hybridized carbons (Fsp3) is 0.125. The van der Waals surface area contributed by atoms with Gasteiger partial charge in [0, 0.05) is 5.69 Å². The summed E-state index contributed by atoms with van der Waals surface area (Å²) in [7, 11) is 0. The lowest BCUT2D eigenvalue weighted by molar-refractivity contribution is -0.274. The van der Waals surface area contributed by atoms with Gasteiger partial charge in [0.25, 0.3) is 5.91 Å². The number of urea groups is 1. The number of amides is 3. The van der Waals surface area contributed by atoms with Crippen molar-refractivity contribution in [2.45, 2.75) is 12.5 Å². The minimum absolute atomic E-state index is 0.0149. The van der Waals surface area contributed by atoms with E-state index in [2.05, 4.69) is 10.1 Å². The molecule has 0 atom stereocenters. The molecule has 2 aromatic carbocycles. The summed E-state index contributed by atoms with van der Waals surface area (Å²) in [5.74, 6) is -1.83. The van der Waals surface area contributed by atoms with E-state index in [1.54, 1.807) is 5.32 Å². The van der Waals surface area contributed by atoms with Gasteiger partial charge in [-0.2, -0.15) is 13.2 Å². The number of imide groups is 1. The van der Waals surface area contributed by atoms with Crippen molar-refractivity contribution < 1.29 is 40.7 Å². The third-order valence-corrected chi connectivity index (χ3v) is 3.05. The minimum Gasteiger partial charge on any atom is -0.406 e. The van der Waals surface area contributed by atoms with E-state index < -0.39 is 41.4 Å². The van der Waals surface area contributed by atoms with Gasteiger partial charge in [-0.3, -0.25) is 10.1 Å². The van der Waals surface area contributed by atoms with Crippen LogP contribution in [0.4, 0.5) is 36.8 Å². The van der Waals surface area contributed by atoms with Crippen LogP contribution in [-0.4, -0.2) is 18.3 Å². The van der Waals surface area contributed by atoms with Crippen molar-refractivity contribution in [1.82, 2.24) is 5.32 Å². The molecule has 5 nitrogen and oxygen atoms in total. The molecule has 2 aromatic rings. The van der Waals surface area contributed by atoms with Crippen LogP contribution >= 0.6 is 0 Å². The van der Waals surface area contributed by atoms with Crippen LogP contribution < -0.4 is 15.4 Å². The summed E-state index contributed by atoms with van der Waals surface area (Å²) in [6.07, 6.45) is -9.68. The monoisotopic (exact) mass is 392 g/mol. The van der Waals surface area contributed by atoms with E-state index in [-0.39, 0.29) is 5.69 Å². The predicted molar refractivity (Wildman–Crippen MR) is 81.1 cm³/mol. The number of carbonyl (C=O) groups excluding carboxylic acids is 2. The Morgan fingerprint density at radius 3 is 2.00 bits per heavy atom. The number of alkyl halides is 6. The second kappa shape index (κ2) is 7.56. The summed E-state index contributed by atoms with van der Waals surface area (Å²) < 4.78 is 78.4. The van der Waals surface area contributed by atoms with Crippen molar-refractivity contribution in [3.8, 4) is 5.75 Å². The molecule has 2 rings (SSSR count). The molecule has 0 radical (unpaired) electrons. The van der Waals surface area contributed by atoms with Gasteiger partial charge < -0.3 is 10.1 Å². The average molecular weight is 392 g/mol. The van der Waals surface area contributed by atoms with Crippen LogP contribution in [0.3, 0.4) is 0 Å². The Morgan fingerprint density at radius 1 is 0.852 bits per heavy atom. The summed E-state index contributed by atoms with van der Waals surface area (Å²) in [4.78, 5) is 23.6. The molecular weight excluding hydrogens is 382 g/mol. The molecule has 0 aliphatic heterocycles. The van der Waals surface area contributed by atoms with Crippen molar-refractivity contribution >= 4 is 17.6 Å². The minimum atomic E-state index is -4.88. The van der Waals surface area contributed by atoms with E-state index in [0.29, 0.717) is 6.07 Å². The summed E-state index contributed by atoms with van der Waals surface area (Å²) >= 11 is 0. The molecule has 0 aromatic heterocycles. The molecule has 0 fully saturated rings. The predicted octanol–water partition coefficient (Wildman–Crippen LogP) is 4.57. The highest BCUT2D eigenvalue weighted by Crippen LogP contribution is 2.31. The maximum absolute atomic E-state index is 12.9. The van der Waals surface area contributed by atoms with Crippen molar-refractivity contribution in [2.75, 3.05) is 5.32 Å². The average Bonchev–Trinajstić information content (AvgIpc) is 2.54. The van der Waals surface area contributed by atoms with E-state index >= 15 is 0 Å². The Balaban J connectivity index is 2.03. The number of nitrogens with one attached hydrogen (secondary N) is 2. The molecule has 0 saturated heterocycles. The van der Waals surface area contributed by atoms with Gasteiger partial charge in [0.1, 0.15) is 5.75 Å². The van der Waals surface area contributed by atoms with Gasteiger partial charge in [0.15, 0.2) is 0 Å². The highest BCUT2D eigenvalue weighted by Gasteiger charge is 2.35. The fourth-order valence-corrected chi connectivity index (χ4v) is 2.00. The number of hydrogen-bond acceptors (Lipinski definition) is 3. The Morgan fingerprint density at radius 2 is 1.44 bits per heavy atom. The molecule has 144 valence electrons. The first-order chi connectivity index (χ1) is 12.5. The van der Waals surface area contributed by atoms with Crippen LogP contribution in [0, 0.1) is 0 Å². The van der Waals surface area contributed by atoms with Crippen molar-refractivity contribution in [1.29, 1.82) is 0 Å².